The van der Waals surface area contributed by atoms with E-state index in [-0.39, 0.29) is 0 Å². The lowest BCUT2D eigenvalue weighted by Gasteiger charge is -2.35. The lowest BCUT2D eigenvalue weighted by Crippen LogP contribution is -2.46. The second-order valence-corrected chi connectivity index (χ2v) is 9.13. The van der Waals surface area contributed by atoms with Gasteiger partial charge in [0.2, 0.25) is 0 Å². The summed E-state index contributed by atoms with van der Waals surface area (Å²) >= 11 is 0. The van der Waals surface area contributed by atoms with E-state index < -0.39 is 10.0 Å². The topological polar surface area (TPSA) is 52.7 Å². The van der Waals surface area contributed by atoms with Crippen molar-refractivity contribution in [2.24, 2.45) is 0 Å². The highest BCUT2D eigenvalue weighted by Crippen LogP contribution is 2.24. The Bertz CT molecular complexity index is 856. The van der Waals surface area contributed by atoms with Crippen molar-refractivity contribution in [2.45, 2.75) is 38.0 Å². The molecule has 0 unspecified atom stereocenters. The predicted octanol–water partition coefficient (Wildman–Crippen LogP) is 4.14. The van der Waals surface area contributed by atoms with Gasteiger partial charge in [0.1, 0.15) is 0 Å². The number of piperazine rings is 1. The summed E-state index contributed by atoms with van der Waals surface area (Å²) in [6.07, 6.45) is 1.03. The molecule has 0 amide bonds. The lowest BCUT2D eigenvalue weighted by atomic mass is 9.99. The van der Waals surface area contributed by atoms with Crippen LogP contribution in [0.25, 0.3) is 0 Å². The van der Waals surface area contributed by atoms with Crippen molar-refractivity contribution in [1.82, 2.24) is 4.90 Å². The minimum atomic E-state index is -3.58. The predicted molar refractivity (Wildman–Crippen MR) is 117 cm³/mol. The Hall–Kier alpha value is -2.05. The first-order valence-corrected chi connectivity index (χ1v) is 11.6. The van der Waals surface area contributed by atoms with E-state index in [1.54, 1.807) is 12.1 Å². The lowest BCUT2D eigenvalue weighted by molar-refractivity contribution is 0.271. The summed E-state index contributed by atoms with van der Waals surface area (Å²) in [5, 5.41) is 0. The standard InChI is InChI=1S/C22H31N3O2S/c1-4-18(3)19-6-12-22(13-7-19)28(26,27)23-20-8-10-21(11-9-20)25-16-14-24(5-2)15-17-25/h6-13,18,23H,4-5,14-17H2,1-3H3/t18-/m0/s1. The normalized spacial score (nSPS) is 16.8. The van der Waals surface area contributed by atoms with E-state index in [9.17, 15) is 8.42 Å². The number of nitrogens with zero attached hydrogens (tertiary/aromatic N) is 2. The van der Waals surface area contributed by atoms with Crippen molar-refractivity contribution in [3.63, 3.8) is 0 Å². The van der Waals surface area contributed by atoms with Crippen molar-refractivity contribution in [2.75, 3.05) is 42.3 Å². The van der Waals surface area contributed by atoms with Crippen molar-refractivity contribution in [3.05, 3.63) is 54.1 Å². The number of rotatable bonds is 7. The van der Waals surface area contributed by atoms with Crippen LogP contribution in [0.5, 0.6) is 0 Å². The van der Waals surface area contributed by atoms with E-state index in [0.717, 1.165) is 50.4 Å². The molecule has 5 nitrogen and oxygen atoms in total. The Labute approximate surface area is 169 Å². The van der Waals surface area contributed by atoms with Crippen molar-refractivity contribution < 1.29 is 8.42 Å². The van der Waals surface area contributed by atoms with Crippen LogP contribution in [0.15, 0.2) is 53.4 Å². The van der Waals surface area contributed by atoms with Gasteiger partial charge in [0.15, 0.2) is 0 Å². The van der Waals surface area contributed by atoms with Gasteiger partial charge in [-0.2, -0.15) is 0 Å². The Morgan fingerprint density at radius 3 is 2.07 bits per heavy atom. The number of nitrogens with one attached hydrogen (secondary N) is 1. The molecule has 0 saturated carbocycles. The van der Waals surface area contributed by atoms with Crippen LogP contribution in [-0.2, 0) is 10.0 Å². The van der Waals surface area contributed by atoms with Gasteiger partial charge < -0.3 is 9.80 Å². The fourth-order valence-electron chi connectivity index (χ4n) is 3.49. The highest BCUT2D eigenvalue weighted by atomic mass is 32.2. The fourth-order valence-corrected chi connectivity index (χ4v) is 4.55. The third-order valence-electron chi connectivity index (χ3n) is 5.68. The van der Waals surface area contributed by atoms with Gasteiger partial charge in [-0.15, -0.1) is 0 Å². The summed E-state index contributed by atoms with van der Waals surface area (Å²) in [7, 11) is -3.58. The monoisotopic (exact) mass is 401 g/mol. The van der Waals surface area contributed by atoms with Gasteiger partial charge in [-0.25, -0.2) is 8.42 Å². The van der Waals surface area contributed by atoms with Crippen LogP contribution in [0.3, 0.4) is 0 Å². The van der Waals surface area contributed by atoms with E-state index >= 15 is 0 Å². The van der Waals surface area contributed by atoms with E-state index in [0.29, 0.717) is 16.5 Å². The molecule has 1 heterocycles. The molecule has 2 aromatic rings. The van der Waals surface area contributed by atoms with Gasteiger partial charge in [0, 0.05) is 37.6 Å². The quantitative estimate of drug-likeness (QED) is 0.757. The maximum atomic E-state index is 12.7. The number of sulfonamides is 1. The van der Waals surface area contributed by atoms with Gasteiger partial charge in [-0.1, -0.05) is 32.9 Å². The molecule has 0 radical (unpaired) electrons. The maximum Gasteiger partial charge on any atom is 0.261 e. The molecule has 1 atom stereocenters. The molecular formula is C22H31N3O2S. The number of anilines is 2. The Kier molecular flexibility index (Phi) is 6.62. The van der Waals surface area contributed by atoms with Crippen LogP contribution in [0, 0.1) is 0 Å². The SMILES string of the molecule is CC[C@H](C)c1ccc(S(=O)(=O)Nc2ccc(N3CCN(CC)CC3)cc2)cc1. The van der Waals surface area contributed by atoms with Crippen LogP contribution in [0.1, 0.15) is 38.7 Å². The first-order valence-electron chi connectivity index (χ1n) is 10.1. The Balaban J connectivity index is 1.66. The van der Waals surface area contributed by atoms with E-state index in [1.165, 1.54) is 0 Å². The van der Waals surface area contributed by atoms with Crippen LogP contribution in [0.4, 0.5) is 11.4 Å². The van der Waals surface area contributed by atoms with Crippen molar-refractivity contribution in [1.29, 1.82) is 0 Å². The van der Waals surface area contributed by atoms with Crippen LogP contribution in [-0.4, -0.2) is 46.0 Å². The summed E-state index contributed by atoms with van der Waals surface area (Å²) in [6, 6.07) is 14.8. The summed E-state index contributed by atoms with van der Waals surface area (Å²) < 4.78 is 28.1. The maximum absolute atomic E-state index is 12.7. The molecule has 0 spiro atoms. The third-order valence-corrected chi connectivity index (χ3v) is 7.07. The summed E-state index contributed by atoms with van der Waals surface area (Å²) in [6.45, 7) is 11.7. The molecule has 1 fully saturated rings. The minimum Gasteiger partial charge on any atom is -0.369 e. The third kappa shape index (κ3) is 4.86. The zero-order valence-electron chi connectivity index (χ0n) is 17.1. The molecule has 1 aliphatic rings. The van der Waals surface area contributed by atoms with Gasteiger partial charge in [-0.3, -0.25) is 4.72 Å². The highest BCUT2D eigenvalue weighted by molar-refractivity contribution is 7.92. The molecule has 0 aromatic heterocycles. The summed E-state index contributed by atoms with van der Waals surface area (Å²) in [5.41, 5.74) is 2.88. The van der Waals surface area contributed by atoms with Crippen LogP contribution in [0.2, 0.25) is 0 Å². The van der Waals surface area contributed by atoms with Crippen LogP contribution < -0.4 is 9.62 Å². The minimum absolute atomic E-state index is 0.291. The van der Waals surface area contributed by atoms with Crippen LogP contribution >= 0.6 is 0 Å². The summed E-state index contributed by atoms with van der Waals surface area (Å²) in [5.74, 6) is 0.427. The van der Waals surface area contributed by atoms with E-state index in [2.05, 4.69) is 35.3 Å². The average molecular weight is 402 g/mol. The molecule has 0 bridgehead atoms. The number of benzene rings is 2. The zero-order chi connectivity index (χ0) is 20.1. The molecule has 152 valence electrons. The smallest absolute Gasteiger partial charge is 0.261 e. The molecule has 0 aliphatic carbocycles. The molecule has 2 aromatic carbocycles. The highest BCUT2D eigenvalue weighted by Gasteiger charge is 2.17. The molecule has 28 heavy (non-hydrogen) atoms. The summed E-state index contributed by atoms with van der Waals surface area (Å²) in [4.78, 5) is 5.07. The van der Waals surface area contributed by atoms with Gasteiger partial charge in [0.25, 0.3) is 10.0 Å². The molecule has 1 aliphatic heterocycles. The number of likely N-dealkylation sites (N-methyl/N-ethyl adjacent to an activating group) is 1. The largest absolute Gasteiger partial charge is 0.369 e. The second kappa shape index (κ2) is 8.97. The molecule has 3 rings (SSSR count). The van der Waals surface area contributed by atoms with Crippen molar-refractivity contribution >= 4 is 21.4 Å². The number of hydrogen-bond donors (Lipinski definition) is 1. The average Bonchev–Trinajstić information content (AvgIpc) is 2.73. The first kappa shape index (κ1) is 20.7. The molecule has 1 saturated heterocycles. The number of hydrogen-bond acceptors (Lipinski definition) is 4. The van der Waals surface area contributed by atoms with E-state index in [1.807, 2.05) is 36.4 Å². The second-order valence-electron chi connectivity index (χ2n) is 7.45. The molecular weight excluding hydrogens is 370 g/mol. The Morgan fingerprint density at radius 1 is 0.929 bits per heavy atom. The van der Waals surface area contributed by atoms with Gasteiger partial charge in [0.05, 0.1) is 4.90 Å². The molecule has 1 N–H and O–H groups in total. The van der Waals surface area contributed by atoms with Crippen molar-refractivity contribution in [3.8, 4) is 0 Å². The molecule has 6 heteroatoms. The van der Waals surface area contributed by atoms with Gasteiger partial charge in [-0.05, 0) is 60.8 Å². The van der Waals surface area contributed by atoms with Gasteiger partial charge >= 0.3 is 0 Å². The zero-order valence-corrected chi connectivity index (χ0v) is 17.9. The fraction of sp³-hybridized carbons (Fsp3) is 0.455. The Morgan fingerprint density at radius 2 is 1.54 bits per heavy atom. The van der Waals surface area contributed by atoms with E-state index in [4.69, 9.17) is 0 Å². The first-order chi connectivity index (χ1) is 13.4.